The van der Waals surface area contributed by atoms with Crippen molar-refractivity contribution in [2.45, 2.75) is 6.92 Å². The van der Waals surface area contributed by atoms with E-state index >= 15 is 0 Å². The van der Waals surface area contributed by atoms with Gasteiger partial charge in [0.25, 0.3) is 0 Å². The van der Waals surface area contributed by atoms with E-state index in [1.165, 1.54) is 0 Å². The van der Waals surface area contributed by atoms with Gasteiger partial charge in [-0.15, -0.1) is 23.2 Å². The van der Waals surface area contributed by atoms with Crippen molar-refractivity contribution in [3.63, 3.8) is 0 Å². The summed E-state index contributed by atoms with van der Waals surface area (Å²) in [6, 6.07) is 0. The number of alkyl halides is 2. The van der Waals surface area contributed by atoms with Crippen LogP contribution in [0.3, 0.4) is 0 Å². The smallest absolute Gasteiger partial charge is 0.153 e. The molecule has 5 heteroatoms. The lowest BCUT2D eigenvalue weighted by Crippen LogP contribution is -2.27. The fraction of sp³-hybridized carbons (Fsp3) is 1.00. The second kappa shape index (κ2) is 4.54. The fourth-order valence-electron chi connectivity index (χ4n) is 0.411. The molecule has 0 aliphatic heterocycles. The van der Waals surface area contributed by atoms with Gasteiger partial charge in [-0.1, -0.05) is 6.92 Å². The number of rotatable bonds is 4. The van der Waals surface area contributed by atoms with Gasteiger partial charge in [0.15, 0.2) is 11.1 Å². The van der Waals surface area contributed by atoms with Gasteiger partial charge in [0, 0.05) is 17.2 Å². The molecule has 1 N–H and O–H groups in total. The Labute approximate surface area is 73.2 Å². The van der Waals surface area contributed by atoms with Crippen molar-refractivity contribution in [2.24, 2.45) is 5.41 Å². The van der Waals surface area contributed by atoms with Crippen LogP contribution in [-0.2, 0) is 11.1 Å². The van der Waals surface area contributed by atoms with Gasteiger partial charge in [0.1, 0.15) is 0 Å². The van der Waals surface area contributed by atoms with E-state index in [-0.39, 0.29) is 5.75 Å². The van der Waals surface area contributed by atoms with Gasteiger partial charge < -0.3 is 4.55 Å². The Morgan fingerprint density at radius 3 is 2.00 bits per heavy atom. The lowest BCUT2D eigenvalue weighted by Gasteiger charge is -2.21. The molecular weight excluding hydrogens is 195 g/mol. The van der Waals surface area contributed by atoms with Crippen molar-refractivity contribution in [2.75, 3.05) is 17.5 Å². The summed E-state index contributed by atoms with van der Waals surface area (Å²) in [7, 11) is 0. The standard InChI is InChI=1S/C5H10Cl2O2S/c1-5(2-6,3-7)4-10(8)9/h2-4H2,1H3,(H,8,9). The van der Waals surface area contributed by atoms with Gasteiger partial charge in [-0.25, -0.2) is 4.21 Å². The highest BCUT2D eigenvalue weighted by molar-refractivity contribution is 7.79. The third kappa shape index (κ3) is 3.76. The average molecular weight is 205 g/mol. The summed E-state index contributed by atoms with van der Waals surface area (Å²) >= 11 is 9.24. The van der Waals surface area contributed by atoms with Gasteiger partial charge in [0.05, 0.1) is 5.75 Å². The Balaban J connectivity index is 3.92. The lowest BCUT2D eigenvalue weighted by molar-refractivity contribution is 0.466. The molecule has 62 valence electrons. The van der Waals surface area contributed by atoms with Gasteiger partial charge >= 0.3 is 0 Å². The second-order valence-corrected chi connectivity index (χ2v) is 4.01. The van der Waals surface area contributed by atoms with Crippen LogP contribution >= 0.6 is 23.2 Å². The normalized spacial score (nSPS) is 15.2. The molecule has 0 spiro atoms. The first-order valence-corrected chi connectivity index (χ1v) is 5.08. The maximum atomic E-state index is 10.3. The van der Waals surface area contributed by atoms with Crippen LogP contribution in [0.4, 0.5) is 0 Å². The quantitative estimate of drug-likeness (QED) is 0.560. The minimum absolute atomic E-state index is 0.139. The van der Waals surface area contributed by atoms with E-state index in [0.29, 0.717) is 11.8 Å². The maximum absolute atomic E-state index is 10.3. The van der Waals surface area contributed by atoms with Gasteiger partial charge in [0.2, 0.25) is 0 Å². The second-order valence-electron chi connectivity index (χ2n) is 2.54. The van der Waals surface area contributed by atoms with E-state index in [4.69, 9.17) is 27.8 Å². The molecule has 0 aliphatic rings. The highest BCUT2D eigenvalue weighted by atomic mass is 35.5. The Morgan fingerprint density at radius 1 is 1.50 bits per heavy atom. The molecule has 0 fully saturated rings. The SMILES string of the molecule is CC(CCl)(CCl)CS(=O)O. The van der Waals surface area contributed by atoms with Crippen LogP contribution < -0.4 is 0 Å². The summed E-state index contributed by atoms with van der Waals surface area (Å²) in [5.41, 5.74) is -0.414. The number of halogens is 2. The zero-order valence-electron chi connectivity index (χ0n) is 5.64. The van der Waals surface area contributed by atoms with Crippen molar-refractivity contribution in [1.82, 2.24) is 0 Å². The molecule has 10 heavy (non-hydrogen) atoms. The average Bonchev–Trinajstić information content (AvgIpc) is 1.87. The first-order valence-electron chi connectivity index (χ1n) is 2.73. The third-order valence-corrected chi connectivity index (χ3v) is 3.35. The van der Waals surface area contributed by atoms with Gasteiger partial charge in [-0.3, -0.25) is 0 Å². The summed E-state index contributed by atoms with van der Waals surface area (Å²) in [6.07, 6.45) is 0. The zero-order chi connectivity index (χ0) is 8.20. The van der Waals surface area contributed by atoms with Crippen LogP contribution in [0.5, 0.6) is 0 Å². The van der Waals surface area contributed by atoms with Crippen LogP contribution in [0, 0.1) is 5.41 Å². The molecule has 1 unspecified atom stereocenters. The van der Waals surface area contributed by atoms with Gasteiger partial charge in [-0.05, 0) is 0 Å². The molecule has 0 amide bonds. The predicted molar refractivity (Wildman–Crippen MR) is 45.2 cm³/mol. The monoisotopic (exact) mass is 204 g/mol. The highest BCUT2D eigenvalue weighted by Gasteiger charge is 2.24. The number of hydrogen-bond acceptors (Lipinski definition) is 1. The molecule has 0 radical (unpaired) electrons. The number of hydrogen-bond donors (Lipinski definition) is 1. The van der Waals surface area contributed by atoms with Crippen molar-refractivity contribution in [3.05, 3.63) is 0 Å². The minimum atomic E-state index is -1.80. The van der Waals surface area contributed by atoms with Crippen LogP contribution in [-0.4, -0.2) is 26.3 Å². The van der Waals surface area contributed by atoms with E-state index in [9.17, 15) is 4.21 Å². The van der Waals surface area contributed by atoms with Crippen molar-refractivity contribution >= 4 is 34.3 Å². The molecule has 0 heterocycles. The lowest BCUT2D eigenvalue weighted by atomic mass is 10.00. The molecule has 0 aromatic carbocycles. The van der Waals surface area contributed by atoms with E-state index in [1.807, 2.05) is 0 Å². The van der Waals surface area contributed by atoms with Crippen LogP contribution in [0.2, 0.25) is 0 Å². The van der Waals surface area contributed by atoms with Crippen molar-refractivity contribution in [1.29, 1.82) is 0 Å². The Morgan fingerprint density at radius 2 is 1.90 bits per heavy atom. The zero-order valence-corrected chi connectivity index (χ0v) is 7.97. The largest absolute Gasteiger partial charge is 0.306 e. The molecular formula is C5H10Cl2O2S. The Kier molecular flexibility index (Phi) is 4.86. The van der Waals surface area contributed by atoms with E-state index in [0.717, 1.165) is 0 Å². The van der Waals surface area contributed by atoms with Gasteiger partial charge in [-0.2, -0.15) is 0 Å². The Bertz CT molecular complexity index is 125. The molecule has 0 aliphatic carbocycles. The Hall–Kier alpha value is 0.690. The molecule has 1 atom stereocenters. The first-order chi connectivity index (χ1) is 4.54. The first kappa shape index (κ1) is 10.7. The third-order valence-electron chi connectivity index (χ3n) is 1.12. The van der Waals surface area contributed by atoms with Crippen LogP contribution in [0.15, 0.2) is 0 Å². The van der Waals surface area contributed by atoms with E-state index in [1.54, 1.807) is 6.92 Å². The van der Waals surface area contributed by atoms with Crippen LogP contribution in [0.1, 0.15) is 6.92 Å². The van der Waals surface area contributed by atoms with Crippen molar-refractivity contribution < 1.29 is 8.76 Å². The summed E-state index contributed by atoms with van der Waals surface area (Å²) in [4.78, 5) is 0. The molecule has 0 aromatic heterocycles. The summed E-state index contributed by atoms with van der Waals surface area (Å²) in [5, 5.41) is 0. The molecule has 0 bridgehead atoms. The summed E-state index contributed by atoms with van der Waals surface area (Å²) in [5.74, 6) is 0.756. The molecule has 0 rings (SSSR count). The highest BCUT2D eigenvalue weighted by Crippen LogP contribution is 2.20. The molecule has 0 aromatic rings. The van der Waals surface area contributed by atoms with Crippen LogP contribution in [0.25, 0.3) is 0 Å². The fourth-order valence-corrected chi connectivity index (χ4v) is 1.91. The predicted octanol–water partition coefficient (Wildman–Crippen LogP) is 1.69. The summed E-state index contributed by atoms with van der Waals surface area (Å²) in [6.45, 7) is 1.78. The summed E-state index contributed by atoms with van der Waals surface area (Å²) < 4.78 is 18.8. The maximum Gasteiger partial charge on any atom is 0.153 e. The van der Waals surface area contributed by atoms with E-state index in [2.05, 4.69) is 0 Å². The molecule has 0 saturated heterocycles. The topological polar surface area (TPSA) is 37.3 Å². The van der Waals surface area contributed by atoms with Crippen molar-refractivity contribution in [3.8, 4) is 0 Å². The molecule has 2 nitrogen and oxygen atoms in total. The minimum Gasteiger partial charge on any atom is -0.306 e. The van der Waals surface area contributed by atoms with E-state index < -0.39 is 16.5 Å². The molecule has 0 saturated carbocycles.